The molecule has 7 heteroatoms. The molecule has 0 fully saturated rings. The molecular formula is C21H24FN5O. The number of aromatic nitrogens is 5. The van der Waals surface area contributed by atoms with Gasteiger partial charge in [0.2, 0.25) is 0 Å². The molecule has 0 aliphatic heterocycles. The van der Waals surface area contributed by atoms with E-state index in [-0.39, 0.29) is 17.5 Å². The van der Waals surface area contributed by atoms with E-state index in [1.165, 1.54) is 19.4 Å². The fourth-order valence-electron chi connectivity index (χ4n) is 3.06. The summed E-state index contributed by atoms with van der Waals surface area (Å²) in [6, 6.07) is 6.67. The molecule has 1 unspecified atom stereocenters. The molecule has 0 aliphatic carbocycles. The molecule has 0 spiro atoms. The number of benzene rings is 1. The molecule has 28 heavy (non-hydrogen) atoms. The Morgan fingerprint density at radius 3 is 2.61 bits per heavy atom. The number of carbonyl (C=O) groups excluding carboxylic acids is 1. The van der Waals surface area contributed by atoms with Crippen LogP contribution < -0.4 is 0 Å². The number of nitrogens with zero attached hydrogens (tertiary/aromatic N) is 5. The van der Waals surface area contributed by atoms with Gasteiger partial charge in [0.15, 0.2) is 11.4 Å². The van der Waals surface area contributed by atoms with Gasteiger partial charge >= 0.3 is 0 Å². The Bertz CT molecular complexity index is 1140. The lowest BCUT2D eigenvalue weighted by Gasteiger charge is -2.13. The lowest BCUT2D eigenvalue weighted by molar-refractivity contribution is 0.101. The number of Topliss-reactive ketones (excluding diaryl/α,β-unsaturated/α-hetero) is 1. The molecule has 0 radical (unpaired) electrons. The minimum atomic E-state index is -0.304. The van der Waals surface area contributed by atoms with Crippen molar-refractivity contribution in [1.29, 1.82) is 0 Å². The van der Waals surface area contributed by atoms with Gasteiger partial charge in [-0.3, -0.25) is 9.48 Å². The fourth-order valence-corrected chi connectivity index (χ4v) is 3.06. The van der Waals surface area contributed by atoms with Crippen LogP contribution in [0, 0.1) is 5.82 Å². The molecule has 4 rings (SSSR count). The van der Waals surface area contributed by atoms with Gasteiger partial charge in [-0.15, -0.1) is 0 Å². The zero-order valence-electron chi connectivity index (χ0n) is 16.8. The van der Waals surface area contributed by atoms with Gasteiger partial charge in [-0.05, 0) is 23.8 Å². The third-order valence-electron chi connectivity index (χ3n) is 4.52. The number of fused-ring (bicyclic) bond motifs is 2. The van der Waals surface area contributed by atoms with Gasteiger partial charge in [0.25, 0.3) is 0 Å². The lowest BCUT2D eigenvalue weighted by Crippen LogP contribution is -2.08. The zero-order valence-corrected chi connectivity index (χ0v) is 16.8. The summed E-state index contributed by atoms with van der Waals surface area (Å²) in [5.74, 6) is -0.715. The van der Waals surface area contributed by atoms with Crippen molar-refractivity contribution >= 4 is 22.3 Å². The molecule has 0 saturated heterocycles. The number of rotatable bonds is 3. The van der Waals surface area contributed by atoms with Crippen LogP contribution in [-0.4, -0.2) is 30.2 Å². The highest BCUT2D eigenvalue weighted by molar-refractivity contribution is 5.92. The summed E-state index contributed by atoms with van der Waals surface area (Å²) in [5.41, 5.74) is 2.97. The van der Waals surface area contributed by atoms with E-state index in [0.29, 0.717) is 16.9 Å². The number of imidazole rings is 1. The predicted octanol–water partition coefficient (Wildman–Crippen LogP) is 4.53. The van der Waals surface area contributed by atoms with E-state index in [1.54, 1.807) is 46.8 Å². The van der Waals surface area contributed by atoms with Crippen LogP contribution in [0.4, 0.5) is 4.39 Å². The van der Waals surface area contributed by atoms with Gasteiger partial charge < -0.3 is 0 Å². The van der Waals surface area contributed by atoms with E-state index in [1.807, 2.05) is 6.92 Å². The molecule has 4 aromatic rings. The Kier molecular flexibility index (Phi) is 5.53. The summed E-state index contributed by atoms with van der Waals surface area (Å²) in [6.45, 7) is 7.61. The molecule has 0 aliphatic rings. The van der Waals surface area contributed by atoms with Crippen LogP contribution in [0.25, 0.3) is 16.6 Å². The standard InChI is InChI=1S/C18H16FN5O.C3H8/c1-10(13-6-12-8-21-23(3)16(12)7-14(13)19)17-9-20-18-5-4-15(11(2)25)22-24(17)18;1-3-2/h4-10H,1-3H3;3H2,1-2H3. The second-order valence-corrected chi connectivity index (χ2v) is 6.86. The van der Waals surface area contributed by atoms with E-state index < -0.39 is 0 Å². The SMILES string of the molecule is CC(=O)c1ccc2ncc(C(C)c3cc4cnn(C)c4cc3F)n2n1.CCC. The third kappa shape index (κ3) is 3.52. The number of hydrogen-bond donors (Lipinski definition) is 0. The number of aryl methyl sites for hydroxylation is 1. The highest BCUT2D eigenvalue weighted by atomic mass is 19.1. The van der Waals surface area contributed by atoms with Crippen LogP contribution in [0.15, 0.2) is 36.7 Å². The number of hydrogen-bond acceptors (Lipinski definition) is 4. The van der Waals surface area contributed by atoms with E-state index in [9.17, 15) is 9.18 Å². The smallest absolute Gasteiger partial charge is 0.179 e. The molecule has 3 heterocycles. The highest BCUT2D eigenvalue weighted by Gasteiger charge is 2.20. The Labute approximate surface area is 163 Å². The van der Waals surface area contributed by atoms with Crippen LogP contribution in [-0.2, 0) is 7.05 Å². The Morgan fingerprint density at radius 2 is 1.93 bits per heavy atom. The van der Waals surface area contributed by atoms with Crippen LogP contribution in [0.2, 0.25) is 0 Å². The quantitative estimate of drug-likeness (QED) is 0.489. The van der Waals surface area contributed by atoms with Gasteiger partial charge in [0.1, 0.15) is 11.5 Å². The summed E-state index contributed by atoms with van der Waals surface area (Å²) in [6.07, 6.45) is 4.63. The average molecular weight is 381 g/mol. The van der Waals surface area contributed by atoms with Gasteiger partial charge in [-0.25, -0.2) is 13.9 Å². The second-order valence-electron chi connectivity index (χ2n) is 6.86. The topological polar surface area (TPSA) is 65.1 Å². The molecule has 0 amide bonds. The summed E-state index contributed by atoms with van der Waals surface area (Å²) < 4.78 is 17.9. The van der Waals surface area contributed by atoms with E-state index in [0.717, 1.165) is 16.6 Å². The maximum absolute atomic E-state index is 14.7. The van der Waals surface area contributed by atoms with Crippen molar-refractivity contribution in [3.05, 3.63) is 59.4 Å². The lowest BCUT2D eigenvalue weighted by atomic mass is 9.96. The highest BCUT2D eigenvalue weighted by Crippen LogP contribution is 2.29. The van der Waals surface area contributed by atoms with Crippen molar-refractivity contribution < 1.29 is 9.18 Å². The van der Waals surface area contributed by atoms with E-state index in [4.69, 9.17) is 0 Å². The fraction of sp³-hybridized carbons (Fsp3) is 0.333. The minimum absolute atomic E-state index is 0.128. The van der Waals surface area contributed by atoms with Crippen molar-refractivity contribution in [1.82, 2.24) is 24.4 Å². The van der Waals surface area contributed by atoms with E-state index >= 15 is 0 Å². The zero-order chi connectivity index (χ0) is 20.4. The van der Waals surface area contributed by atoms with Gasteiger partial charge in [-0.1, -0.05) is 27.2 Å². The third-order valence-corrected chi connectivity index (χ3v) is 4.52. The number of carbonyl (C=O) groups is 1. The molecule has 0 bridgehead atoms. The monoisotopic (exact) mass is 381 g/mol. The first-order valence-corrected chi connectivity index (χ1v) is 9.34. The Morgan fingerprint density at radius 1 is 1.21 bits per heavy atom. The summed E-state index contributed by atoms with van der Waals surface area (Å²) >= 11 is 0. The van der Waals surface area contributed by atoms with Gasteiger partial charge in [-0.2, -0.15) is 10.2 Å². The molecular weight excluding hydrogens is 357 g/mol. The van der Waals surface area contributed by atoms with Crippen molar-refractivity contribution in [3.63, 3.8) is 0 Å². The normalized spacial score (nSPS) is 12.1. The van der Waals surface area contributed by atoms with Crippen LogP contribution in [0.3, 0.4) is 0 Å². The molecule has 0 N–H and O–H groups in total. The summed E-state index contributed by atoms with van der Waals surface area (Å²) in [7, 11) is 1.78. The maximum Gasteiger partial charge on any atom is 0.179 e. The molecule has 1 atom stereocenters. The Hall–Kier alpha value is -3.09. The van der Waals surface area contributed by atoms with Crippen LogP contribution in [0.1, 0.15) is 61.8 Å². The van der Waals surface area contributed by atoms with Crippen LogP contribution in [0.5, 0.6) is 0 Å². The largest absolute Gasteiger partial charge is 0.293 e. The van der Waals surface area contributed by atoms with Crippen molar-refractivity contribution in [2.24, 2.45) is 7.05 Å². The molecule has 3 aromatic heterocycles. The van der Waals surface area contributed by atoms with Crippen molar-refractivity contribution in [2.75, 3.05) is 0 Å². The van der Waals surface area contributed by atoms with Crippen LogP contribution >= 0.6 is 0 Å². The average Bonchev–Trinajstić information content (AvgIpc) is 3.24. The number of halogens is 1. The maximum atomic E-state index is 14.7. The first kappa shape index (κ1) is 19.7. The Balaban J connectivity index is 0.000000706. The van der Waals surface area contributed by atoms with E-state index in [2.05, 4.69) is 29.0 Å². The molecule has 146 valence electrons. The first-order valence-electron chi connectivity index (χ1n) is 9.34. The number of ketones is 1. The van der Waals surface area contributed by atoms with Crippen molar-refractivity contribution in [2.45, 2.75) is 40.0 Å². The van der Waals surface area contributed by atoms with Gasteiger partial charge in [0.05, 0.1) is 23.6 Å². The molecule has 0 saturated carbocycles. The van der Waals surface area contributed by atoms with Gasteiger partial charge in [0, 0.05) is 31.3 Å². The summed E-state index contributed by atoms with van der Waals surface area (Å²) in [5, 5.41) is 9.38. The van der Waals surface area contributed by atoms with Crippen molar-refractivity contribution in [3.8, 4) is 0 Å². The predicted molar refractivity (Wildman–Crippen MR) is 107 cm³/mol. The second kappa shape index (κ2) is 7.88. The molecule has 1 aromatic carbocycles. The summed E-state index contributed by atoms with van der Waals surface area (Å²) in [4.78, 5) is 15.9. The minimum Gasteiger partial charge on any atom is -0.293 e. The molecule has 6 nitrogen and oxygen atoms in total. The first-order chi connectivity index (χ1) is 13.4.